The quantitative estimate of drug-likeness (QED) is 0.632. The number of benzene rings is 1. The van der Waals surface area contributed by atoms with Gasteiger partial charge in [-0.05, 0) is 35.0 Å². The number of rotatable bonds is 4. The lowest BCUT2D eigenvalue weighted by Crippen LogP contribution is -2.32. The topological polar surface area (TPSA) is 46.6 Å². The number of hydrogen-bond donors (Lipinski definition) is 0. The molecule has 0 unspecified atom stereocenters. The standard InChI is InChI=1S/C12H11BrFNO3/c1-2-18-4-3-15-10-6-9(14)8(13)5-7(10)11(16)12(15)17/h5-6H,2-4H2,1H3. The van der Waals surface area contributed by atoms with Gasteiger partial charge in [-0.15, -0.1) is 0 Å². The summed E-state index contributed by atoms with van der Waals surface area (Å²) in [6.45, 7) is 2.92. The molecule has 1 aromatic carbocycles. The molecule has 2 rings (SSSR count). The van der Waals surface area contributed by atoms with E-state index in [-0.39, 0.29) is 16.6 Å². The number of ketones is 1. The fourth-order valence-corrected chi connectivity index (χ4v) is 2.15. The third-order valence-electron chi connectivity index (χ3n) is 2.68. The van der Waals surface area contributed by atoms with Crippen LogP contribution in [-0.2, 0) is 9.53 Å². The summed E-state index contributed by atoms with van der Waals surface area (Å²) < 4.78 is 18.8. The number of nitrogens with zero attached hydrogens (tertiary/aromatic N) is 1. The minimum absolute atomic E-state index is 0.175. The molecule has 0 aromatic heterocycles. The van der Waals surface area contributed by atoms with E-state index >= 15 is 0 Å². The fraction of sp³-hybridized carbons (Fsp3) is 0.333. The predicted molar refractivity (Wildman–Crippen MR) is 67.3 cm³/mol. The fourth-order valence-electron chi connectivity index (χ4n) is 1.81. The summed E-state index contributed by atoms with van der Waals surface area (Å²) in [6, 6.07) is 2.53. The lowest BCUT2D eigenvalue weighted by Gasteiger charge is -2.16. The molecule has 0 N–H and O–H groups in total. The molecule has 0 saturated heterocycles. The van der Waals surface area contributed by atoms with Crippen molar-refractivity contribution in [2.75, 3.05) is 24.7 Å². The van der Waals surface area contributed by atoms with E-state index in [4.69, 9.17) is 4.74 Å². The number of halogens is 2. The van der Waals surface area contributed by atoms with Crippen molar-refractivity contribution in [3.8, 4) is 0 Å². The average molecular weight is 316 g/mol. The molecule has 0 radical (unpaired) electrons. The Hall–Kier alpha value is -1.27. The maximum atomic E-state index is 13.5. The van der Waals surface area contributed by atoms with Crippen molar-refractivity contribution < 1.29 is 18.7 Å². The summed E-state index contributed by atoms with van der Waals surface area (Å²) in [5.41, 5.74) is 0.537. The Morgan fingerprint density at radius 1 is 1.39 bits per heavy atom. The van der Waals surface area contributed by atoms with Gasteiger partial charge in [0.25, 0.3) is 11.7 Å². The SMILES string of the molecule is CCOCCN1C(=O)C(=O)c2cc(Br)c(F)cc21. The second kappa shape index (κ2) is 5.16. The lowest BCUT2D eigenvalue weighted by atomic mass is 10.1. The maximum absolute atomic E-state index is 13.5. The summed E-state index contributed by atoms with van der Waals surface area (Å²) >= 11 is 3.00. The van der Waals surface area contributed by atoms with Crippen LogP contribution >= 0.6 is 15.9 Å². The Kier molecular flexibility index (Phi) is 3.77. The molecule has 4 nitrogen and oxygen atoms in total. The van der Waals surface area contributed by atoms with E-state index in [1.165, 1.54) is 17.0 Å². The molecule has 1 amide bonds. The Bertz CT molecular complexity index is 518. The van der Waals surface area contributed by atoms with Crippen molar-refractivity contribution in [1.82, 2.24) is 0 Å². The summed E-state index contributed by atoms with van der Waals surface area (Å²) in [4.78, 5) is 24.7. The maximum Gasteiger partial charge on any atom is 0.299 e. The smallest absolute Gasteiger partial charge is 0.299 e. The minimum Gasteiger partial charge on any atom is -0.380 e. The van der Waals surface area contributed by atoms with E-state index in [1.807, 2.05) is 6.92 Å². The third-order valence-corrected chi connectivity index (χ3v) is 3.28. The minimum atomic E-state index is -0.637. The summed E-state index contributed by atoms with van der Waals surface area (Å²) in [5, 5.41) is 0. The van der Waals surface area contributed by atoms with Crippen LogP contribution in [0.3, 0.4) is 0 Å². The molecule has 0 saturated carbocycles. The highest BCUT2D eigenvalue weighted by atomic mass is 79.9. The number of anilines is 1. The number of amides is 1. The van der Waals surface area contributed by atoms with Gasteiger partial charge in [-0.1, -0.05) is 0 Å². The average Bonchev–Trinajstić information content (AvgIpc) is 2.56. The number of carbonyl (C=O) groups is 2. The Morgan fingerprint density at radius 3 is 2.78 bits per heavy atom. The van der Waals surface area contributed by atoms with Gasteiger partial charge in [-0.25, -0.2) is 4.39 Å². The Morgan fingerprint density at radius 2 is 2.11 bits per heavy atom. The number of Topliss-reactive ketones (excluding diaryl/α,β-unsaturated/α-hetero) is 1. The van der Waals surface area contributed by atoms with Gasteiger partial charge < -0.3 is 9.64 Å². The molecule has 1 aliphatic rings. The molecule has 0 atom stereocenters. The van der Waals surface area contributed by atoms with Crippen molar-refractivity contribution in [1.29, 1.82) is 0 Å². The lowest BCUT2D eigenvalue weighted by molar-refractivity contribution is -0.114. The zero-order valence-corrected chi connectivity index (χ0v) is 11.3. The molecular formula is C12H11BrFNO3. The molecule has 0 bridgehead atoms. The molecule has 1 aliphatic heterocycles. The first-order valence-electron chi connectivity index (χ1n) is 5.49. The van der Waals surface area contributed by atoms with Crippen molar-refractivity contribution >= 4 is 33.3 Å². The van der Waals surface area contributed by atoms with Crippen LogP contribution in [0.15, 0.2) is 16.6 Å². The van der Waals surface area contributed by atoms with Gasteiger partial charge in [-0.2, -0.15) is 0 Å². The van der Waals surface area contributed by atoms with Crippen LogP contribution in [-0.4, -0.2) is 31.4 Å². The van der Waals surface area contributed by atoms with Crippen LogP contribution in [0, 0.1) is 5.82 Å². The Balaban J connectivity index is 2.33. The number of hydrogen-bond acceptors (Lipinski definition) is 3. The van der Waals surface area contributed by atoms with Crippen LogP contribution < -0.4 is 4.90 Å². The third kappa shape index (κ3) is 2.18. The van der Waals surface area contributed by atoms with Crippen molar-refractivity contribution in [2.24, 2.45) is 0 Å². The zero-order chi connectivity index (χ0) is 13.3. The van der Waals surface area contributed by atoms with Gasteiger partial charge in [-0.3, -0.25) is 9.59 Å². The van der Waals surface area contributed by atoms with Gasteiger partial charge in [0.1, 0.15) is 5.82 Å². The second-order valence-corrected chi connectivity index (χ2v) is 4.62. The van der Waals surface area contributed by atoms with E-state index in [0.717, 1.165) is 0 Å². The van der Waals surface area contributed by atoms with Crippen LogP contribution in [0.5, 0.6) is 0 Å². The van der Waals surface area contributed by atoms with Gasteiger partial charge in [0.05, 0.1) is 22.3 Å². The normalized spacial score (nSPS) is 14.3. The molecule has 96 valence electrons. The zero-order valence-electron chi connectivity index (χ0n) is 9.70. The van der Waals surface area contributed by atoms with E-state index in [2.05, 4.69) is 15.9 Å². The van der Waals surface area contributed by atoms with Crippen molar-refractivity contribution in [2.45, 2.75) is 6.92 Å². The van der Waals surface area contributed by atoms with E-state index in [1.54, 1.807) is 0 Å². The van der Waals surface area contributed by atoms with E-state index in [9.17, 15) is 14.0 Å². The second-order valence-electron chi connectivity index (χ2n) is 3.77. The van der Waals surface area contributed by atoms with Crippen LogP contribution in [0.2, 0.25) is 0 Å². The van der Waals surface area contributed by atoms with Crippen molar-refractivity contribution in [3.63, 3.8) is 0 Å². The molecule has 18 heavy (non-hydrogen) atoms. The van der Waals surface area contributed by atoms with Gasteiger partial charge >= 0.3 is 0 Å². The molecule has 0 fully saturated rings. The summed E-state index contributed by atoms with van der Waals surface area (Å²) in [6.07, 6.45) is 0. The highest BCUT2D eigenvalue weighted by molar-refractivity contribution is 9.10. The first-order valence-corrected chi connectivity index (χ1v) is 6.28. The molecule has 6 heteroatoms. The van der Waals surface area contributed by atoms with E-state index in [0.29, 0.717) is 18.9 Å². The number of carbonyl (C=O) groups excluding carboxylic acids is 2. The monoisotopic (exact) mass is 315 g/mol. The molecular weight excluding hydrogens is 305 g/mol. The number of fused-ring (bicyclic) bond motifs is 1. The van der Waals surface area contributed by atoms with Gasteiger partial charge in [0, 0.05) is 13.2 Å². The van der Waals surface area contributed by atoms with Gasteiger partial charge in [0.15, 0.2) is 0 Å². The Labute approximate surface area is 112 Å². The van der Waals surface area contributed by atoms with Crippen LogP contribution in [0.4, 0.5) is 10.1 Å². The van der Waals surface area contributed by atoms with Crippen LogP contribution in [0.25, 0.3) is 0 Å². The summed E-state index contributed by atoms with van der Waals surface area (Å²) in [7, 11) is 0. The highest BCUT2D eigenvalue weighted by Gasteiger charge is 2.36. The van der Waals surface area contributed by atoms with E-state index < -0.39 is 17.5 Å². The van der Waals surface area contributed by atoms with Gasteiger partial charge in [0.2, 0.25) is 0 Å². The highest BCUT2D eigenvalue weighted by Crippen LogP contribution is 2.32. The first kappa shape index (κ1) is 13.2. The molecule has 0 aliphatic carbocycles. The largest absolute Gasteiger partial charge is 0.380 e. The van der Waals surface area contributed by atoms with Crippen molar-refractivity contribution in [3.05, 3.63) is 28.0 Å². The number of ether oxygens (including phenoxy) is 1. The molecule has 0 spiro atoms. The first-order chi connectivity index (χ1) is 8.56. The molecule has 1 aromatic rings. The molecule has 1 heterocycles. The summed E-state index contributed by atoms with van der Waals surface area (Å²) in [5.74, 6) is -1.75. The van der Waals surface area contributed by atoms with Crippen LogP contribution in [0.1, 0.15) is 17.3 Å². The predicted octanol–water partition coefficient (Wildman–Crippen LogP) is 2.15.